The molecule has 3 heterocycles. The van der Waals surface area contributed by atoms with Gasteiger partial charge in [0.25, 0.3) is 0 Å². The number of aryl methyl sites for hydroxylation is 1. The van der Waals surface area contributed by atoms with Crippen molar-refractivity contribution in [1.82, 2.24) is 15.0 Å². The van der Waals surface area contributed by atoms with Crippen molar-refractivity contribution in [3.63, 3.8) is 0 Å². The molecule has 0 saturated carbocycles. The number of carbonyl (C=O) groups excluding carboxylic acids is 1. The molecule has 5 rings (SSSR count). The Hall–Kier alpha value is -3.26. The van der Waals surface area contributed by atoms with Gasteiger partial charge in [0.2, 0.25) is 0 Å². The van der Waals surface area contributed by atoms with E-state index in [1.807, 2.05) is 6.07 Å². The van der Waals surface area contributed by atoms with Crippen LogP contribution in [0.1, 0.15) is 53.7 Å². The van der Waals surface area contributed by atoms with E-state index < -0.39 is 5.76 Å². The number of likely N-dealkylation sites (tertiary alicyclic amines) is 1. The molecule has 2 aromatic heterocycles. The first-order valence-corrected chi connectivity index (χ1v) is 10.9. The fourth-order valence-corrected chi connectivity index (χ4v) is 4.67. The number of H-pyrrole nitrogens is 1. The number of benzene rings is 2. The minimum Gasteiger partial charge on any atom is -0.408 e. The van der Waals surface area contributed by atoms with Crippen LogP contribution in [0.5, 0.6) is 0 Å². The SMILES string of the molecule is CC(=O)c1cc(CCCN2CCC(c3noc4cc(F)ccc34)CC2)c2[nH]c(=O)oc2c1. The zero-order valence-electron chi connectivity index (χ0n) is 17.8. The second-order valence-corrected chi connectivity index (χ2v) is 8.51. The van der Waals surface area contributed by atoms with Crippen molar-refractivity contribution >= 4 is 27.9 Å². The van der Waals surface area contributed by atoms with Gasteiger partial charge in [0.1, 0.15) is 5.82 Å². The Labute approximate surface area is 183 Å². The number of oxazole rings is 1. The van der Waals surface area contributed by atoms with Gasteiger partial charge in [0.15, 0.2) is 16.9 Å². The lowest BCUT2D eigenvalue weighted by Crippen LogP contribution is -2.34. The number of aromatic nitrogens is 2. The lowest BCUT2D eigenvalue weighted by Gasteiger charge is -2.31. The van der Waals surface area contributed by atoms with Crippen LogP contribution in [0.25, 0.3) is 22.1 Å². The zero-order chi connectivity index (χ0) is 22.2. The quantitative estimate of drug-likeness (QED) is 0.449. The van der Waals surface area contributed by atoms with Crippen LogP contribution in [0.15, 0.2) is 44.1 Å². The van der Waals surface area contributed by atoms with E-state index in [1.54, 1.807) is 12.1 Å². The van der Waals surface area contributed by atoms with Gasteiger partial charge in [-0.05, 0) is 82.1 Å². The fraction of sp³-hybridized carbons (Fsp3) is 0.375. The maximum Gasteiger partial charge on any atom is 0.417 e. The molecule has 166 valence electrons. The summed E-state index contributed by atoms with van der Waals surface area (Å²) in [6.07, 6.45) is 3.59. The highest BCUT2D eigenvalue weighted by atomic mass is 19.1. The Morgan fingerprint density at radius 3 is 2.81 bits per heavy atom. The summed E-state index contributed by atoms with van der Waals surface area (Å²) < 4.78 is 23.9. The van der Waals surface area contributed by atoms with Gasteiger partial charge in [-0.3, -0.25) is 9.78 Å². The van der Waals surface area contributed by atoms with Crippen molar-refractivity contribution < 1.29 is 18.1 Å². The first-order chi connectivity index (χ1) is 15.5. The number of aromatic amines is 1. The fourth-order valence-electron chi connectivity index (χ4n) is 4.67. The minimum atomic E-state index is -0.507. The van der Waals surface area contributed by atoms with E-state index in [9.17, 15) is 14.0 Å². The Kier molecular flexibility index (Phi) is 5.38. The van der Waals surface area contributed by atoms with E-state index in [4.69, 9.17) is 8.94 Å². The summed E-state index contributed by atoms with van der Waals surface area (Å²) in [5.74, 6) is -0.573. The molecule has 2 aromatic carbocycles. The van der Waals surface area contributed by atoms with Gasteiger partial charge < -0.3 is 13.8 Å². The number of Topliss-reactive ketones (excluding diaryl/α,β-unsaturated/α-hetero) is 1. The normalized spacial score (nSPS) is 15.7. The molecule has 7 nitrogen and oxygen atoms in total. The topological polar surface area (TPSA) is 92.3 Å². The van der Waals surface area contributed by atoms with Gasteiger partial charge in [-0.25, -0.2) is 9.18 Å². The molecule has 0 bridgehead atoms. The van der Waals surface area contributed by atoms with Crippen LogP contribution in [-0.2, 0) is 6.42 Å². The maximum absolute atomic E-state index is 13.4. The monoisotopic (exact) mass is 437 g/mol. The van der Waals surface area contributed by atoms with Crippen LogP contribution >= 0.6 is 0 Å². The zero-order valence-corrected chi connectivity index (χ0v) is 17.8. The van der Waals surface area contributed by atoms with E-state index in [0.717, 1.165) is 62.0 Å². The van der Waals surface area contributed by atoms with E-state index in [1.165, 1.54) is 19.1 Å². The predicted molar refractivity (Wildman–Crippen MR) is 118 cm³/mol. The summed E-state index contributed by atoms with van der Waals surface area (Å²) in [5, 5.41) is 5.11. The van der Waals surface area contributed by atoms with Crippen molar-refractivity contribution in [2.75, 3.05) is 19.6 Å². The molecule has 0 radical (unpaired) electrons. The molecule has 1 saturated heterocycles. The minimum absolute atomic E-state index is 0.0535. The highest BCUT2D eigenvalue weighted by Crippen LogP contribution is 2.33. The van der Waals surface area contributed by atoms with Crippen LogP contribution in [0, 0.1) is 5.82 Å². The Morgan fingerprint density at radius 2 is 2.03 bits per heavy atom. The number of piperidine rings is 1. The average molecular weight is 437 g/mol. The van der Waals surface area contributed by atoms with Gasteiger partial charge in [-0.1, -0.05) is 5.16 Å². The maximum atomic E-state index is 13.4. The van der Waals surface area contributed by atoms with Gasteiger partial charge in [-0.15, -0.1) is 0 Å². The third kappa shape index (κ3) is 3.98. The Bertz CT molecular complexity index is 1340. The smallest absolute Gasteiger partial charge is 0.408 e. The number of rotatable bonds is 6. The van der Waals surface area contributed by atoms with Crippen molar-refractivity contribution in [3.8, 4) is 0 Å². The van der Waals surface area contributed by atoms with E-state index in [2.05, 4.69) is 15.0 Å². The molecular weight excluding hydrogens is 413 g/mol. The molecule has 0 unspecified atom stereocenters. The molecule has 0 spiro atoms. The van der Waals surface area contributed by atoms with Crippen LogP contribution in [-0.4, -0.2) is 40.5 Å². The van der Waals surface area contributed by atoms with Gasteiger partial charge in [0.05, 0.1) is 11.2 Å². The molecule has 0 aliphatic carbocycles. The number of nitrogens with zero attached hydrogens (tertiary/aromatic N) is 2. The summed E-state index contributed by atoms with van der Waals surface area (Å²) in [6.45, 7) is 4.33. The molecule has 32 heavy (non-hydrogen) atoms. The Balaban J connectivity index is 1.20. The summed E-state index contributed by atoms with van der Waals surface area (Å²) in [7, 11) is 0. The Morgan fingerprint density at radius 1 is 1.22 bits per heavy atom. The molecule has 1 fully saturated rings. The number of ketones is 1. The molecule has 8 heteroatoms. The average Bonchev–Trinajstić information content (AvgIpc) is 3.36. The number of hydrogen-bond donors (Lipinski definition) is 1. The van der Waals surface area contributed by atoms with E-state index in [-0.39, 0.29) is 11.6 Å². The summed E-state index contributed by atoms with van der Waals surface area (Å²) in [6, 6.07) is 8.04. The van der Waals surface area contributed by atoms with E-state index >= 15 is 0 Å². The van der Waals surface area contributed by atoms with Crippen molar-refractivity contribution in [2.24, 2.45) is 0 Å². The number of fused-ring (bicyclic) bond motifs is 2. The molecule has 0 amide bonds. The summed E-state index contributed by atoms with van der Waals surface area (Å²) in [4.78, 5) is 28.6. The largest absolute Gasteiger partial charge is 0.417 e. The van der Waals surface area contributed by atoms with Crippen LogP contribution in [0.4, 0.5) is 4.39 Å². The molecule has 1 aliphatic heterocycles. The number of carbonyl (C=O) groups is 1. The van der Waals surface area contributed by atoms with Gasteiger partial charge in [-0.2, -0.15) is 0 Å². The predicted octanol–water partition coefficient (Wildman–Crippen LogP) is 4.42. The summed E-state index contributed by atoms with van der Waals surface area (Å²) >= 11 is 0. The van der Waals surface area contributed by atoms with Crippen molar-refractivity contribution in [2.45, 2.75) is 38.5 Å². The molecule has 0 atom stereocenters. The third-order valence-corrected chi connectivity index (χ3v) is 6.38. The van der Waals surface area contributed by atoms with Crippen molar-refractivity contribution in [3.05, 3.63) is 63.5 Å². The van der Waals surface area contributed by atoms with Crippen molar-refractivity contribution in [1.29, 1.82) is 0 Å². The molecule has 1 aliphatic rings. The lowest BCUT2D eigenvalue weighted by molar-refractivity contribution is 0.101. The van der Waals surface area contributed by atoms with Crippen LogP contribution in [0.3, 0.4) is 0 Å². The van der Waals surface area contributed by atoms with Gasteiger partial charge >= 0.3 is 5.76 Å². The molecular formula is C24H24FN3O4. The highest BCUT2D eigenvalue weighted by Gasteiger charge is 2.25. The number of halogens is 1. The number of hydrogen-bond acceptors (Lipinski definition) is 6. The highest BCUT2D eigenvalue weighted by molar-refractivity contribution is 5.97. The first kappa shape index (κ1) is 20.6. The van der Waals surface area contributed by atoms with Crippen LogP contribution < -0.4 is 5.76 Å². The number of nitrogens with one attached hydrogen (secondary N) is 1. The second-order valence-electron chi connectivity index (χ2n) is 8.51. The molecule has 1 N–H and O–H groups in total. The summed E-state index contributed by atoms with van der Waals surface area (Å²) in [5.41, 5.74) is 4.00. The van der Waals surface area contributed by atoms with Gasteiger partial charge in [0, 0.05) is 22.9 Å². The third-order valence-electron chi connectivity index (χ3n) is 6.38. The molecule has 4 aromatic rings. The first-order valence-electron chi connectivity index (χ1n) is 10.9. The van der Waals surface area contributed by atoms with E-state index in [0.29, 0.717) is 28.2 Å². The standard InChI is InChI=1S/C24H24FN3O4/c1-14(29)17-11-16(23-21(12-17)31-24(30)26-23)3-2-8-28-9-6-15(7-10-28)22-19-5-4-18(25)13-20(19)32-27-22/h4-5,11-13,15H,2-3,6-10H2,1H3,(H,26,30). The lowest BCUT2D eigenvalue weighted by atomic mass is 9.91. The second kappa shape index (κ2) is 8.35. The van der Waals surface area contributed by atoms with Crippen LogP contribution in [0.2, 0.25) is 0 Å².